The first-order valence-electron chi connectivity index (χ1n) is 2.19. The van der Waals surface area contributed by atoms with E-state index in [1.165, 1.54) is 0 Å². The van der Waals surface area contributed by atoms with Crippen LogP contribution in [0.3, 0.4) is 0 Å². The van der Waals surface area contributed by atoms with Crippen molar-refractivity contribution in [1.82, 2.24) is 12.3 Å². The van der Waals surface area contributed by atoms with E-state index in [0.29, 0.717) is 0 Å². The fourth-order valence-electron chi connectivity index (χ4n) is 0. The molecule has 0 aromatic rings. The van der Waals surface area contributed by atoms with E-state index >= 15 is 0 Å². The molecule has 0 aliphatic carbocycles. The zero-order valence-electron chi connectivity index (χ0n) is 9.19. The van der Waals surface area contributed by atoms with Crippen molar-refractivity contribution < 1.29 is 62.1 Å². The van der Waals surface area contributed by atoms with Crippen LogP contribution in [0.15, 0.2) is 0 Å². The van der Waals surface area contributed by atoms with Crippen molar-refractivity contribution in [2.45, 2.75) is 0 Å². The monoisotopic (exact) mass is 424 g/mol. The quantitative estimate of drug-likeness (QED) is 0.376. The van der Waals surface area contributed by atoms with Gasteiger partial charge in [-0.3, -0.25) is 0 Å². The van der Waals surface area contributed by atoms with Crippen molar-refractivity contribution in [2.24, 2.45) is 0 Å². The van der Waals surface area contributed by atoms with Crippen molar-refractivity contribution >= 4 is 0 Å². The van der Waals surface area contributed by atoms with Crippen LogP contribution in [0.25, 0.3) is 0 Å². The minimum Gasteiger partial charge on any atom is -0.369 e. The van der Waals surface area contributed by atoms with Gasteiger partial charge in [0, 0.05) is 0 Å². The Morgan fingerprint density at radius 3 is 0.421 bits per heavy atom. The first-order valence-corrected chi connectivity index (χ1v) is 2.19. The SMILES string of the molecule is O=[N+]([O-])[O-].O=[N+]([O-])[O-].O=[N+]([O-])[O-].O=[N+]([O-])[O-].[Ce+2].[NH4+].[NH4+]. The van der Waals surface area contributed by atoms with Crippen LogP contribution in [0, 0.1) is 103 Å². The van der Waals surface area contributed by atoms with Gasteiger partial charge in [0.1, 0.15) is 0 Å². The van der Waals surface area contributed by atoms with Crippen LogP contribution in [-0.4, -0.2) is 20.3 Å². The summed E-state index contributed by atoms with van der Waals surface area (Å²) in [5, 5.41) is 59.0. The Kier molecular flexibility index (Phi) is 82.3. The van der Waals surface area contributed by atoms with Crippen LogP contribution in [0.4, 0.5) is 0 Å². The predicted octanol–water partition coefficient (Wildman–Crippen LogP) is -0.204. The molecule has 0 saturated heterocycles. The normalized spacial score (nSPS) is 5.05. The van der Waals surface area contributed by atoms with Gasteiger partial charge in [-0.1, -0.05) is 0 Å². The summed E-state index contributed by atoms with van der Waals surface area (Å²) in [6.07, 6.45) is 0. The fourth-order valence-corrected chi connectivity index (χ4v) is 0. The van der Waals surface area contributed by atoms with E-state index in [-0.39, 0.29) is 54.0 Å². The van der Waals surface area contributed by atoms with Gasteiger partial charge in [0.2, 0.25) is 0 Å². The minimum absolute atomic E-state index is 0. The van der Waals surface area contributed by atoms with E-state index in [9.17, 15) is 0 Å². The molecule has 0 saturated carbocycles. The molecule has 114 valence electrons. The number of rotatable bonds is 0. The van der Waals surface area contributed by atoms with Gasteiger partial charge in [-0.2, -0.15) is 0 Å². The topological polar surface area (TPSA) is 338 Å². The standard InChI is InChI=1S/Ce.4NO3.2H3N/c;4*2-1(3)4;;/h;;;;;2*1H3/q+2;4*-1;;/p+2. The molecule has 0 heterocycles. The van der Waals surface area contributed by atoms with E-state index in [2.05, 4.69) is 0 Å². The van der Waals surface area contributed by atoms with E-state index in [0.717, 1.165) is 0 Å². The van der Waals surface area contributed by atoms with Gasteiger partial charge < -0.3 is 73.6 Å². The maximum absolute atomic E-state index is 8.25. The summed E-state index contributed by atoms with van der Waals surface area (Å²) in [4.78, 5) is 33.0. The second-order valence-corrected chi connectivity index (χ2v) is 0.894. The van der Waals surface area contributed by atoms with Crippen LogP contribution in [-0.2, 0) is 0 Å². The Morgan fingerprint density at radius 1 is 0.421 bits per heavy atom. The molecule has 0 radical (unpaired) electrons. The molecule has 0 rings (SSSR count). The van der Waals surface area contributed by atoms with Gasteiger partial charge in [-0.15, -0.1) is 0 Å². The second kappa shape index (κ2) is 36.0. The van der Waals surface area contributed by atoms with Crippen molar-refractivity contribution in [3.63, 3.8) is 0 Å². The van der Waals surface area contributed by atoms with Crippen LogP contribution < -0.4 is 12.3 Å². The van der Waals surface area contributed by atoms with Crippen LogP contribution in [0.1, 0.15) is 0 Å². The summed E-state index contributed by atoms with van der Waals surface area (Å²) >= 11 is 0. The molecule has 0 aliphatic rings. The van der Waals surface area contributed by atoms with Gasteiger partial charge in [-0.05, 0) is 0 Å². The third-order valence-electron chi connectivity index (χ3n) is 0. The summed E-state index contributed by atoms with van der Waals surface area (Å²) in [5.74, 6) is 0. The predicted molar refractivity (Wildman–Crippen MR) is 53.4 cm³/mol. The molecule has 0 spiro atoms. The zero-order valence-corrected chi connectivity index (χ0v) is 12.3. The first-order chi connectivity index (χ1) is 6.93. The second-order valence-electron chi connectivity index (χ2n) is 0.894. The summed E-state index contributed by atoms with van der Waals surface area (Å²) in [6.45, 7) is 0. The van der Waals surface area contributed by atoms with Crippen molar-refractivity contribution in [3.8, 4) is 0 Å². The molecule has 0 aromatic carbocycles. The Hall–Kier alpha value is -1.90. The molecule has 18 nitrogen and oxygen atoms in total. The number of nitrogens with zero attached hydrogens (tertiary/aromatic N) is 4. The number of hydrogen-bond acceptors (Lipinski definition) is 12. The van der Waals surface area contributed by atoms with Crippen molar-refractivity contribution in [3.05, 3.63) is 61.3 Å². The molecular formula is H8CeN6O12. The van der Waals surface area contributed by atoms with Gasteiger partial charge >= 0.3 is 41.7 Å². The van der Waals surface area contributed by atoms with Gasteiger partial charge in [0.15, 0.2) is 0 Å². The summed E-state index contributed by atoms with van der Waals surface area (Å²) < 4.78 is 0. The van der Waals surface area contributed by atoms with Crippen molar-refractivity contribution in [1.29, 1.82) is 0 Å². The molecule has 19 heteroatoms. The summed E-state index contributed by atoms with van der Waals surface area (Å²) in [5.41, 5.74) is 0. The Balaban J connectivity index is -0.0000000192. The average Bonchev–Trinajstić information content (AvgIpc) is 1.76. The smallest absolute Gasteiger partial charge is 0.369 e. The molecule has 0 unspecified atom stereocenters. The van der Waals surface area contributed by atoms with Crippen LogP contribution in [0.5, 0.6) is 0 Å². The van der Waals surface area contributed by atoms with Crippen LogP contribution >= 0.6 is 0 Å². The minimum atomic E-state index is -1.75. The van der Waals surface area contributed by atoms with E-state index in [1.807, 2.05) is 0 Å². The third kappa shape index (κ3) is 883. The van der Waals surface area contributed by atoms with E-state index < -0.39 is 20.3 Å². The maximum atomic E-state index is 8.25. The molecular weight excluding hydrogens is 416 g/mol. The fraction of sp³-hybridized carbons (Fsp3) is 0. The first kappa shape index (κ1) is 43.5. The van der Waals surface area contributed by atoms with E-state index in [1.54, 1.807) is 0 Å². The maximum Gasteiger partial charge on any atom is 2.00 e. The number of quaternary nitrogens is 2. The number of hydrogen-bond donors (Lipinski definition) is 2. The molecule has 0 amide bonds. The zero-order chi connectivity index (χ0) is 14.3. The van der Waals surface area contributed by atoms with Gasteiger partial charge in [0.25, 0.3) is 0 Å². The van der Waals surface area contributed by atoms with Gasteiger partial charge in [-0.25, -0.2) is 0 Å². The molecule has 0 bridgehead atoms. The Bertz CT molecular complexity index is 162. The average molecular weight is 424 g/mol. The van der Waals surface area contributed by atoms with Crippen molar-refractivity contribution in [2.75, 3.05) is 0 Å². The molecule has 0 atom stereocenters. The largest absolute Gasteiger partial charge is 2.00 e. The van der Waals surface area contributed by atoms with Gasteiger partial charge in [0.05, 0.1) is 20.3 Å². The molecule has 0 fully saturated rings. The molecule has 19 heavy (non-hydrogen) atoms. The summed E-state index contributed by atoms with van der Waals surface area (Å²) in [6, 6.07) is 0. The Labute approximate surface area is 135 Å². The third-order valence-corrected chi connectivity index (χ3v) is 0. The molecule has 8 N–H and O–H groups in total. The van der Waals surface area contributed by atoms with E-state index in [4.69, 9.17) is 61.3 Å². The molecule has 0 aliphatic heterocycles. The Morgan fingerprint density at radius 2 is 0.421 bits per heavy atom. The van der Waals surface area contributed by atoms with Crippen LogP contribution in [0.2, 0.25) is 0 Å². The molecule has 0 aromatic heterocycles. The summed E-state index contributed by atoms with van der Waals surface area (Å²) in [7, 11) is 0.